The molecule has 2 aliphatic rings. The van der Waals surface area contributed by atoms with Crippen molar-refractivity contribution in [3.05, 3.63) is 11.6 Å². The molecular formula is C17H30N4. The third-order valence-corrected chi connectivity index (χ3v) is 5.24. The van der Waals surface area contributed by atoms with Crippen LogP contribution < -0.4 is 0 Å². The first-order valence-corrected chi connectivity index (χ1v) is 8.81. The number of hydrogen-bond donors (Lipinski definition) is 0. The van der Waals surface area contributed by atoms with Crippen molar-refractivity contribution in [1.29, 1.82) is 0 Å². The molecule has 1 atom stereocenters. The number of piperidine rings is 1. The van der Waals surface area contributed by atoms with Crippen LogP contribution in [0.2, 0.25) is 0 Å². The van der Waals surface area contributed by atoms with E-state index < -0.39 is 0 Å². The second-order valence-electron chi connectivity index (χ2n) is 7.16. The van der Waals surface area contributed by atoms with Crippen molar-refractivity contribution in [3.63, 3.8) is 0 Å². The number of aryl methyl sites for hydroxylation is 2. The van der Waals surface area contributed by atoms with E-state index in [9.17, 15) is 0 Å². The van der Waals surface area contributed by atoms with Gasteiger partial charge in [0.15, 0.2) is 0 Å². The summed E-state index contributed by atoms with van der Waals surface area (Å²) in [5.74, 6) is 3.69. The van der Waals surface area contributed by atoms with Crippen molar-refractivity contribution in [3.8, 4) is 0 Å². The molecule has 4 nitrogen and oxygen atoms in total. The minimum absolute atomic E-state index is 0.752. The van der Waals surface area contributed by atoms with Crippen LogP contribution in [0.15, 0.2) is 0 Å². The van der Waals surface area contributed by atoms with E-state index in [1.807, 2.05) is 6.92 Å². The van der Waals surface area contributed by atoms with E-state index in [0.717, 1.165) is 30.0 Å². The first kappa shape index (κ1) is 15.0. The number of likely N-dealkylation sites (tertiary alicyclic amines) is 1. The minimum Gasteiger partial charge on any atom is -0.303 e. The normalized spacial score (nSPS) is 25.3. The van der Waals surface area contributed by atoms with Crippen molar-refractivity contribution in [2.24, 2.45) is 11.8 Å². The maximum atomic E-state index is 4.53. The first-order chi connectivity index (χ1) is 10.2. The molecule has 1 saturated carbocycles. The van der Waals surface area contributed by atoms with Gasteiger partial charge in [-0.15, -0.1) is 0 Å². The molecule has 2 fully saturated rings. The zero-order valence-corrected chi connectivity index (χ0v) is 13.7. The van der Waals surface area contributed by atoms with Crippen LogP contribution in [0.5, 0.6) is 0 Å². The van der Waals surface area contributed by atoms with E-state index in [0.29, 0.717) is 0 Å². The van der Waals surface area contributed by atoms with Crippen LogP contribution >= 0.6 is 0 Å². The molecule has 21 heavy (non-hydrogen) atoms. The lowest BCUT2D eigenvalue weighted by Gasteiger charge is -2.36. The number of aromatic nitrogens is 3. The fourth-order valence-electron chi connectivity index (χ4n) is 4.18. The zero-order chi connectivity index (χ0) is 14.7. The van der Waals surface area contributed by atoms with Crippen molar-refractivity contribution < 1.29 is 0 Å². The van der Waals surface area contributed by atoms with Gasteiger partial charge < -0.3 is 4.90 Å². The molecule has 1 aliphatic heterocycles. The fourth-order valence-corrected chi connectivity index (χ4v) is 4.18. The first-order valence-electron chi connectivity index (χ1n) is 8.81. The molecule has 0 radical (unpaired) electrons. The Morgan fingerprint density at radius 1 is 0.952 bits per heavy atom. The summed E-state index contributed by atoms with van der Waals surface area (Å²) < 4.78 is 2.12. The third kappa shape index (κ3) is 4.06. The SMILES string of the molecule is Cc1nc(C)n(CC2CCCN(CC3CCCCC3)C2)n1. The summed E-state index contributed by atoms with van der Waals surface area (Å²) in [5.41, 5.74) is 0. The molecule has 2 heterocycles. The van der Waals surface area contributed by atoms with Crippen LogP contribution in [0.1, 0.15) is 56.6 Å². The second kappa shape index (κ2) is 6.91. The highest BCUT2D eigenvalue weighted by Crippen LogP contribution is 2.26. The summed E-state index contributed by atoms with van der Waals surface area (Å²) in [5, 5.41) is 4.53. The topological polar surface area (TPSA) is 34.0 Å². The van der Waals surface area contributed by atoms with Gasteiger partial charge in [0, 0.05) is 19.6 Å². The zero-order valence-electron chi connectivity index (χ0n) is 13.7. The Balaban J connectivity index is 1.51. The van der Waals surface area contributed by atoms with Crippen LogP contribution in [-0.4, -0.2) is 39.3 Å². The molecule has 1 aromatic rings. The van der Waals surface area contributed by atoms with E-state index >= 15 is 0 Å². The van der Waals surface area contributed by atoms with Crippen LogP contribution in [-0.2, 0) is 6.54 Å². The Labute approximate surface area is 128 Å². The largest absolute Gasteiger partial charge is 0.303 e. The van der Waals surface area contributed by atoms with Gasteiger partial charge in [-0.25, -0.2) is 9.67 Å². The molecule has 1 unspecified atom stereocenters. The van der Waals surface area contributed by atoms with Gasteiger partial charge in [0.1, 0.15) is 11.6 Å². The van der Waals surface area contributed by atoms with Gasteiger partial charge in [0.2, 0.25) is 0 Å². The van der Waals surface area contributed by atoms with E-state index in [1.54, 1.807) is 0 Å². The molecule has 4 heteroatoms. The summed E-state index contributed by atoms with van der Waals surface area (Å²) >= 11 is 0. The highest BCUT2D eigenvalue weighted by atomic mass is 15.3. The maximum Gasteiger partial charge on any atom is 0.147 e. The highest BCUT2D eigenvalue weighted by molar-refractivity contribution is 4.88. The number of nitrogens with zero attached hydrogens (tertiary/aromatic N) is 4. The minimum atomic E-state index is 0.752. The molecule has 0 N–H and O–H groups in total. The summed E-state index contributed by atoms with van der Waals surface area (Å²) in [6.07, 6.45) is 10.00. The van der Waals surface area contributed by atoms with Crippen molar-refractivity contribution in [1.82, 2.24) is 19.7 Å². The summed E-state index contributed by atoms with van der Waals surface area (Å²) in [6.45, 7) is 9.01. The van der Waals surface area contributed by atoms with Crippen molar-refractivity contribution >= 4 is 0 Å². The predicted octanol–water partition coefficient (Wildman–Crippen LogP) is 3.19. The Morgan fingerprint density at radius 3 is 2.43 bits per heavy atom. The van der Waals surface area contributed by atoms with Gasteiger partial charge in [-0.05, 0) is 57.9 Å². The average Bonchev–Trinajstić information content (AvgIpc) is 2.78. The molecular weight excluding hydrogens is 260 g/mol. The molecule has 118 valence electrons. The number of hydrogen-bond acceptors (Lipinski definition) is 3. The van der Waals surface area contributed by atoms with E-state index in [1.165, 1.54) is 64.6 Å². The Kier molecular flexibility index (Phi) is 4.94. The Morgan fingerprint density at radius 2 is 1.71 bits per heavy atom. The van der Waals surface area contributed by atoms with Crippen molar-refractivity contribution in [2.75, 3.05) is 19.6 Å². The van der Waals surface area contributed by atoms with E-state index in [4.69, 9.17) is 0 Å². The van der Waals surface area contributed by atoms with Gasteiger partial charge in [0.25, 0.3) is 0 Å². The van der Waals surface area contributed by atoms with Crippen molar-refractivity contribution in [2.45, 2.75) is 65.3 Å². The van der Waals surface area contributed by atoms with Gasteiger partial charge in [-0.2, -0.15) is 5.10 Å². The maximum absolute atomic E-state index is 4.53. The quantitative estimate of drug-likeness (QED) is 0.854. The van der Waals surface area contributed by atoms with Crippen LogP contribution in [0.4, 0.5) is 0 Å². The lowest BCUT2D eigenvalue weighted by Crippen LogP contribution is -2.40. The standard InChI is InChI=1S/C17H30N4/c1-14-18-15(2)21(19-14)13-17-9-6-10-20(12-17)11-16-7-4-3-5-8-16/h16-17H,3-13H2,1-2H3. The Hall–Kier alpha value is -0.900. The predicted molar refractivity (Wildman–Crippen MR) is 85.2 cm³/mol. The third-order valence-electron chi connectivity index (χ3n) is 5.24. The molecule has 0 aromatic carbocycles. The lowest BCUT2D eigenvalue weighted by molar-refractivity contribution is 0.127. The van der Waals surface area contributed by atoms with E-state index in [2.05, 4.69) is 26.6 Å². The molecule has 0 amide bonds. The highest BCUT2D eigenvalue weighted by Gasteiger charge is 2.24. The van der Waals surface area contributed by atoms with Gasteiger partial charge in [-0.1, -0.05) is 19.3 Å². The van der Waals surface area contributed by atoms with Crippen LogP contribution in [0.3, 0.4) is 0 Å². The monoisotopic (exact) mass is 290 g/mol. The average molecular weight is 290 g/mol. The summed E-state index contributed by atoms with van der Waals surface area (Å²) in [4.78, 5) is 7.15. The van der Waals surface area contributed by atoms with Gasteiger partial charge >= 0.3 is 0 Å². The molecule has 0 bridgehead atoms. The van der Waals surface area contributed by atoms with Crippen LogP contribution in [0.25, 0.3) is 0 Å². The second-order valence-corrected chi connectivity index (χ2v) is 7.16. The van der Waals surface area contributed by atoms with Gasteiger partial charge in [0.05, 0.1) is 0 Å². The van der Waals surface area contributed by atoms with Gasteiger partial charge in [-0.3, -0.25) is 0 Å². The molecule has 0 spiro atoms. The smallest absolute Gasteiger partial charge is 0.147 e. The molecule has 1 saturated heterocycles. The molecule has 1 aliphatic carbocycles. The lowest BCUT2D eigenvalue weighted by atomic mass is 9.88. The molecule has 1 aromatic heterocycles. The Bertz CT molecular complexity index is 448. The molecule has 3 rings (SSSR count). The number of rotatable bonds is 4. The van der Waals surface area contributed by atoms with E-state index in [-0.39, 0.29) is 0 Å². The fraction of sp³-hybridized carbons (Fsp3) is 0.882. The summed E-state index contributed by atoms with van der Waals surface area (Å²) in [6, 6.07) is 0. The van der Waals surface area contributed by atoms with Crippen LogP contribution in [0, 0.1) is 25.7 Å². The summed E-state index contributed by atoms with van der Waals surface area (Å²) in [7, 11) is 0.